The van der Waals surface area contributed by atoms with Gasteiger partial charge in [0.15, 0.2) is 5.65 Å². The third-order valence-electron chi connectivity index (χ3n) is 4.01. The fourth-order valence-electron chi connectivity index (χ4n) is 2.90. The van der Waals surface area contributed by atoms with Crippen LogP contribution in [-0.2, 0) is 0 Å². The van der Waals surface area contributed by atoms with Gasteiger partial charge in [-0.25, -0.2) is 4.52 Å². The summed E-state index contributed by atoms with van der Waals surface area (Å²) < 4.78 is 1.90. The first kappa shape index (κ1) is 13.4. The summed E-state index contributed by atoms with van der Waals surface area (Å²) in [5.74, 6) is 0.758. The average molecular weight is 273 g/mol. The van der Waals surface area contributed by atoms with Gasteiger partial charge in [-0.3, -0.25) is 0 Å². The van der Waals surface area contributed by atoms with Crippen LogP contribution in [0.1, 0.15) is 31.9 Å². The quantitative estimate of drug-likeness (QED) is 0.928. The van der Waals surface area contributed by atoms with Gasteiger partial charge in [-0.15, -0.1) is 5.10 Å². The molecule has 1 aliphatic heterocycles. The van der Waals surface area contributed by atoms with Crippen molar-refractivity contribution in [2.45, 2.75) is 39.2 Å². The minimum absolute atomic E-state index is 0.501. The lowest BCUT2D eigenvalue weighted by molar-refractivity contribution is 0.219. The Bertz CT molecular complexity index is 569. The molecule has 0 radical (unpaired) electrons. The molecule has 5 nitrogen and oxygen atoms in total. The van der Waals surface area contributed by atoms with Crippen LogP contribution < -0.4 is 5.32 Å². The Morgan fingerprint density at radius 1 is 1.30 bits per heavy atom. The lowest BCUT2D eigenvalue weighted by Gasteiger charge is -2.31. The van der Waals surface area contributed by atoms with E-state index in [1.165, 1.54) is 38.9 Å². The largest absolute Gasteiger partial charge is 0.350 e. The number of piperidine rings is 1. The van der Waals surface area contributed by atoms with Crippen molar-refractivity contribution in [3.05, 3.63) is 23.9 Å². The summed E-state index contributed by atoms with van der Waals surface area (Å²) >= 11 is 0. The molecule has 0 aromatic carbocycles. The average Bonchev–Trinajstić information content (AvgIpc) is 2.85. The van der Waals surface area contributed by atoms with Gasteiger partial charge in [0.05, 0.1) is 0 Å². The number of pyridine rings is 1. The molecule has 20 heavy (non-hydrogen) atoms. The van der Waals surface area contributed by atoms with Crippen LogP contribution >= 0.6 is 0 Å². The molecule has 0 amide bonds. The van der Waals surface area contributed by atoms with Crippen molar-refractivity contribution >= 4 is 11.6 Å². The second-order valence-corrected chi connectivity index (χ2v) is 5.63. The first-order valence-electron chi connectivity index (χ1n) is 7.57. The van der Waals surface area contributed by atoms with Gasteiger partial charge in [0, 0.05) is 24.8 Å². The van der Waals surface area contributed by atoms with Crippen molar-refractivity contribution in [3.63, 3.8) is 0 Å². The summed E-state index contributed by atoms with van der Waals surface area (Å²) in [5, 5.41) is 8.03. The fourth-order valence-corrected chi connectivity index (χ4v) is 2.90. The van der Waals surface area contributed by atoms with Crippen molar-refractivity contribution in [1.29, 1.82) is 0 Å². The number of likely N-dealkylation sites (tertiary alicyclic amines) is 1. The number of hydrogen-bond acceptors (Lipinski definition) is 4. The molecule has 5 heteroatoms. The molecule has 1 saturated heterocycles. The maximum Gasteiger partial charge on any atom is 0.243 e. The van der Waals surface area contributed by atoms with Crippen LogP contribution in [0, 0.1) is 6.92 Å². The smallest absolute Gasteiger partial charge is 0.243 e. The Kier molecular flexibility index (Phi) is 3.87. The van der Waals surface area contributed by atoms with Gasteiger partial charge in [0.1, 0.15) is 0 Å². The SMILES string of the molecule is CCCN1CCC(Nc2nc3cccc(C)n3n2)CC1. The lowest BCUT2D eigenvalue weighted by Crippen LogP contribution is -2.39. The van der Waals surface area contributed by atoms with Gasteiger partial charge in [-0.2, -0.15) is 4.98 Å². The molecule has 1 fully saturated rings. The number of rotatable bonds is 4. The van der Waals surface area contributed by atoms with E-state index in [-0.39, 0.29) is 0 Å². The highest BCUT2D eigenvalue weighted by atomic mass is 15.4. The molecule has 3 rings (SSSR count). The summed E-state index contributed by atoms with van der Waals surface area (Å²) in [5.41, 5.74) is 2.02. The molecule has 1 N–H and O–H groups in total. The number of hydrogen-bond donors (Lipinski definition) is 1. The molecule has 108 valence electrons. The summed E-state index contributed by atoms with van der Waals surface area (Å²) in [7, 11) is 0. The molecular formula is C15H23N5. The number of nitrogens with zero attached hydrogens (tertiary/aromatic N) is 4. The van der Waals surface area contributed by atoms with Crippen LogP contribution in [0.25, 0.3) is 5.65 Å². The van der Waals surface area contributed by atoms with E-state index in [9.17, 15) is 0 Å². The van der Waals surface area contributed by atoms with E-state index >= 15 is 0 Å². The first-order valence-corrected chi connectivity index (χ1v) is 7.57. The maximum absolute atomic E-state index is 4.55. The number of fused-ring (bicyclic) bond motifs is 1. The number of aromatic nitrogens is 3. The minimum atomic E-state index is 0.501. The predicted molar refractivity (Wildman–Crippen MR) is 81.1 cm³/mol. The maximum atomic E-state index is 4.55. The zero-order valence-electron chi connectivity index (χ0n) is 12.3. The Labute approximate surface area is 120 Å². The van der Waals surface area contributed by atoms with Crippen LogP contribution in [0.5, 0.6) is 0 Å². The van der Waals surface area contributed by atoms with E-state index in [2.05, 4.69) is 40.2 Å². The van der Waals surface area contributed by atoms with Gasteiger partial charge in [0.2, 0.25) is 5.95 Å². The van der Waals surface area contributed by atoms with Crippen LogP contribution in [0.4, 0.5) is 5.95 Å². The van der Waals surface area contributed by atoms with Crippen LogP contribution in [0.2, 0.25) is 0 Å². The molecule has 0 aliphatic carbocycles. The second-order valence-electron chi connectivity index (χ2n) is 5.63. The van der Waals surface area contributed by atoms with E-state index in [4.69, 9.17) is 0 Å². The highest BCUT2D eigenvalue weighted by Crippen LogP contribution is 2.15. The van der Waals surface area contributed by atoms with Crippen LogP contribution in [-0.4, -0.2) is 45.2 Å². The van der Waals surface area contributed by atoms with Crippen LogP contribution in [0.3, 0.4) is 0 Å². The normalized spacial score (nSPS) is 17.7. The number of anilines is 1. The van der Waals surface area contributed by atoms with E-state index in [1.54, 1.807) is 0 Å². The summed E-state index contributed by atoms with van der Waals surface area (Å²) in [6.07, 6.45) is 3.59. The zero-order chi connectivity index (χ0) is 13.9. The summed E-state index contributed by atoms with van der Waals surface area (Å²) in [6, 6.07) is 6.57. The third-order valence-corrected chi connectivity index (χ3v) is 4.01. The van der Waals surface area contributed by atoms with Gasteiger partial charge < -0.3 is 10.2 Å². The molecule has 0 bridgehead atoms. The molecule has 2 aromatic heterocycles. The highest BCUT2D eigenvalue weighted by molar-refractivity contribution is 5.44. The standard InChI is InChI=1S/C15H23N5/c1-3-9-19-10-7-13(8-11-19)16-15-17-14-6-4-5-12(2)20(14)18-15/h4-6,13H,3,7-11H2,1-2H3,(H,16,18). The molecule has 0 saturated carbocycles. The van der Waals surface area contributed by atoms with Crippen molar-refractivity contribution in [3.8, 4) is 0 Å². The Morgan fingerprint density at radius 2 is 2.10 bits per heavy atom. The molecule has 1 aliphatic rings. The third kappa shape index (κ3) is 2.77. The van der Waals surface area contributed by atoms with Gasteiger partial charge in [0.25, 0.3) is 0 Å². The minimum Gasteiger partial charge on any atom is -0.350 e. The van der Waals surface area contributed by atoms with Crippen molar-refractivity contribution < 1.29 is 0 Å². The van der Waals surface area contributed by atoms with E-state index < -0.39 is 0 Å². The first-order chi connectivity index (χ1) is 9.76. The number of nitrogens with one attached hydrogen (secondary N) is 1. The second kappa shape index (κ2) is 5.79. The van der Waals surface area contributed by atoms with Gasteiger partial charge >= 0.3 is 0 Å². The summed E-state index contributed by atoms with van der Waals surface area (Å²) in [6.45, 7) is 7.87. The fraction of sp³-hybridized carbons (Fsp3) is 0.600. The van der Waals surface area contributed by atoms with Crippen LogP contribution in [0.15, 0.2) is 18.2 Å². The van der Waals surface area contributed by atoms with Crippen molar-refractivity contribution in [2.24, 2.45) is 0 Å². The van der Waals surface area contributed by atoms with Crippen molar-refractivity contribution in [2.75, 3.05) is 25.0 Å². The zero-order valence-corrected chi connectivity index (χ0v) is 12.3. The Morgan fingerprint density at radius 3 is 2.80 bits per heavy atom. The van der Waals surface area contributed by atoms with Gasteiger partial charge in [-0.1, -0.05) is 13.0 Å². The van der Waals surface area contributed by atoms with E-state index in [1.807, 2.05) is 16.6 Å². The summed E-state index contributed by atoms with van der Waals surface area (Å²) in [4.78, 5) is 7.09. The Balaban J connectivity index is 1.64. The Hall–Kier alpha value is -1.62. The van der Waals surface area contributed by atoms with Crippen molar-refractivity contribution in [1.82, 2.24) is 19.5 Å². The number of aryl methyl sites for hydroxylation is 1. The highest BCUT2D eigenvalue weighted by Gasteiger charge is 2.19. The molecule has 0 unspecified atom stereocenters. The molecule has 3 heterocycles. The lowest BCUT2D eigenvalue weighted by atomic mass is 10.1. The van der Waals surface area contributed by atoms with E-state index in [0.717, 1.165) is 17.3 Å². The van der Waals surface area contributed by atoms with E-state index in [0.29, 0.717) is 6.04 Å². The molecule has 0 atom stereocenters. The topological polar surface area (TPSA) is 45.5 Å². The van der Waals surface area contributed by atoms with Gasteiger partial charge in [-0.05, 0) is 44.9 Å². The predicted octanol–water partition coefficient (Wildman–Crippen LogP) is 2.32. The molecular weight excluding hydrogens is 250 g/mol. The monoisotopic (exact) mass is 273 g/mol. The molecule has 2 aromatic rings. The molecule has 0 spiro atoms.